The zero-order valence-electron chi connectivity index (χ0n) is 7.78. The van der Waals surface area contributed by atoms with Crippen LogP contribution in [-0.2, 0) is 0 Å². The molecule has 0 saturated carbocycles. The lowest BCUT2D eigenvalue weighted by molar-refractivity contribution is -0.0502. The van der Waals surface area contributed by atoms with Crippen molar-refractivity contribution >= 4 is 11.7 Å². The maximum absolute atomic E-state index is 12.0. The van der Waals surface area contributed by atoms with Crippen LogP contribution in [0.2, 0.25) is 0 Å². The summed E-state index contributed by atoms with van der Waals surface area (Å²) in [5.41, 5.74) is 4.57. The fraction of sp³-hybridized carbons (Fsp3) is 0.111. The Morgan fingerprint density at radius 3 is 2.62 bits per heavy atom. The van der Waals surface area contributed by atoms with Gasteiger partial charge in [0.1, 0.15) is 17.4 Å². The second kappa shape index (κ2) is 4.44. The molecule has 0 atom stereocenters. The molecule has 84 valence electrons. The first-order valence-electron chi connectivity index (χ1n) is 3.97. The molecule has 0 aromatic heterocycles. The first-order valence-corrected chi connectivity index (χ1v) is 3.97. The first kappa shape index (κ1) is 11.7. The number of carbonyl (C=O) groups is 1. The van der Waals surface area contributed by atoms with E-state index in [1.54, 1.807) is 6.07 Å². The normalized spacial score (nSPS) is 9.88. The average molecular weight is 228 g/mol. The van der Waals surface area contributed by atoms with Gasteiger partial charge >= 0.3 is 12.6 Å². The highest BCUT2D eigenvalue weighted by Crippen LogP contribution is 2.26. The maximum Gasteiger partial charge on any atom is 0.387 e. The van der Waals surface area contributed by atoms with Crippen LogP contribution in [0.4, 0.5) is 14.5 Å². The predicted molar refractivity (Wildman–Crippen MR) is 49.2 cm³/mol. The molecule has 0 aliphatic carbocycles. The van der Waals surface area contributed by atoms with Gasteiger partial charge in [-0.3, -0.25) is 0 Å². The zero-order chi connectivity index (χ0) is 12.3. The molecule has 0 unspecified atom stereocenters. The van der Waals surface area contributed by atoms with E-state index in [4.69, 9.17) is 16.1 Å². The van der Waals surface area contributed by atoms with Crippen LogP contribution in [0.25, 0.3) is 0 Å². The minimum atomic E-state index is -3.16. The molecule has 7 heteroatoms. The van der Waals surface area contributed by atoms with Crippen molar-refractivity contribution in [3.05, 3.63) is 23.3 Å². The SMILES string of the molecule is N#Cc1cc(C(=O)O)c(OC(F)F)cc1N. The second-order valence-electron chi connectivity index (χ2n) is 2.73. The highest BCUT2D eigenvalue weighted by molar-refractivity contribution is 5.92. The van der Waals surface area contributed by atoms with Crippen LogP contribution in [0.1, 0.15) is 15.9 Å². The number of anilines is 1. The van der Waals surface area contributed by atoms with Gasteiger partial charge in [0.05, 0.1) is 11.3 Å². The van der Waals surface area contributed by atoms with Crippen molar-refractivity contribution in [2.45, 2.75) is 6.61 Å². The Morgan fingerprint density at radius 1 is 1.56 bits per heavy atom. The Labute approximate surface area is 88.7 Å². The van der Waals surface area contributed by atoms with E-state index in [0.29, 0.717) is 0 Å². The largest absolute Gasteiger partial charge is 0.478 e. The molecule has 0 spiro atoms. The minimum Gasteiger partial charge on any atom is -0.478 e. The topological polar surface area (TPSA) is 96.3 Å². The maximum atomic E-state index is 12.0. The number of rotatable bonds is 3. The quantitative estimate of drug-likeness (QED) is 0.763. The smallest absolute Gasteiger partial charge is 0.387 e. The third kappa shape index (κ3) is 2.36. The number of carboxylic acids is 1. The van der Waals surface area contributed by atoms with E-state index in [2.05, 4.69) is 4.74 Å². The van der Waals surface area contributed by atoms with Gasteiger partial charge in [-0.1, -0.05) is 0 Å². The molecule has 0 bridgehead atoms. The van der Waals surface area contributed by atoms with E-state index < -0.39 is 23.9 Å². The van der Waals surface area contributed by atoms with E-state index >= 15 is 0 Å². The lowest BCUT2D eigenvalue weighted by Gasteiger charge is -2.09. The molecule has 0 aliphatic heterocycles. The van der Waals surface area contributed by atoms with Crippen LogP contribution in [0, 0.1) is 11.3 Å². The average Bonchev–Trinajstić information content (AvgIpc) is 2.16. The van der Waals surface area contributed by atoms with Gasteiger partial charge < -0.3 is 15.6 Å². The third-order valence-corrected chi connectivity index (χ3v) is 1.72. The van der Waals surface area contributed by atoms with E-state index in [9.17, 15) is 13.6 Å². The molecule has 1 aromatic rings. The standard InChI is InChI=1S/C9H6F2N2O3/c10-9(11)16-7-2-6(13)4(3-12)1-5(7)8(14)15/h1-2,9H,13H2,(H,14,15). The molecule has 0 heterocycles. The summed E-state index contributed by atoms with van der Waals surface area (Å²) in [6.07, 6.45) is 0. The minimum absolute atomic E-state index is 0.112. The van der Waals surface area contributed by atoms with Gasteiger partial charge in [-0.2, -0.15) is 14.0 Å². The van der Waals surface area contributed by atoms with Gasteiger partial charge in [0, 0.05) is 6.07 Å². The molecule has 0 saturated heterocycles. The highest BCUT2D eigenvalue weighted by Gasteiger charge is 2.17. The molecular weight excluding hydrogens is 222 g/mol. The van der Waals surface area contributed by atoms with E-state index in [1.165, 1.54) is 0 Å². The van der Waals surface area contributed by atoms with Crippen molar-refractivity contribution in [2.75, 3.05) is 5.73 Å². The summed E-state index contributed by atoms with van der Waals surface area (Å²) in [7, 11) is 0. The predicted octanol–water partition coefficient (Wildman–Crippen LogP) is 1.44. The molecule has 0 fully saturated rings. The molecule has 5 nitrogen and oxygen atoms in total. The summed E-state index contributed by atoms with van der Waals surface area (Å²) in [5, 5.41) is 17.3. The summed E-state index contributed by atoms with van der Waals surface area (Å²) in [4.78, 5) is 10.7. The van der Waals surface area contributed by atoms with Gasteiger partial charge in [-0.15, -0.1) is 0 Å². The monoisotopic (exact) mass is 228 g/mol. The van der Waals surface area contributed by atoms with Crippen LogP contribution in [-0.4, -0.2) is 17.7 Å². The number of nitrogens with zero attached hydrogens (tertiary/aromatic N) is 1. The summed E-state index contributed by atoms with van der Waals surface area (Å²) < 4.78 is 27.9. The lowest BCUT2D eigenvalue weighted by atomic mass is 10.1. The Morgan fingerprint density at radius 2 is 2.19 bits per heavy atom. The van der Waals surface area contributed by atoms with Crippen LogP contribution in [0.15, 0.2) is 12.1 Å². The van der Waals surface area contributed by atoms with E-state index in [1.807, 2.05) is 0 Å². The number of nitriles is 1. The lowest BCUT2D eigenvalue weighted by Crippen LogP contribution is -2.09. The first-order chi connectivity index (χ1) is 7.45. The van der Waals surface area contributed by atoms with Crippen molar-refractivity contribution in [1.29, 1.82) is 5.26 Å². The van der Waals surface area contributed by atoms with Crippen LogP contribution in [0.5, 0.6) is 5.75 Å². The van der Waals surface area contributed by atoms with Gasteiger partial charge in [-0.05, 0) is 6.07 Å². The molecule has 0 aliphatic rings. The number of nitrogen functional groups attached to an aromatic ring is 1. The van der Waals surface area contributed by atoms with Crippen molar-refractivity contribution in [3.8, 4) is 11.8 Å². The number of benzene rings is 1. The van der Waals surface area contributed by atoms with Crippen molar-refractivity contribution in [1.82, 2.24) is 0 Å². The Balaban J connectivity index is 3.31. The number of halogens is 2. The number of nitrogens with two attached hydrogens (primary N) is 1. The van der Waals surface area contributed by atoms with Crippen molar-refractivity contribution in [3.63, 3.8) is 0 Å². The fourth-order valence-electron chi connectivity index (χ4n) is 1.05. The molecule has 0 amide bonds. The number of hydrogen-bond acceptors (Lipinski definition) is 4. The van der Waals surface area contributed by atoms with Crippen molar-refractivity contribution < 1.29 is 23.4 Å². The van der Waals surface area contributed by atoms with Crippen LogP contribution in [0.3, 0.4) is 0 Å². The zero-order valence-corrected chi connectivity index (χ0v) is 7.78. The van der Waals surface area contributed by atoms with Crippen LogP contribution >= 0.6 is 0 Å². The second-order valence-corrected chi connectivity index (χ2v) is 2.73. The Hall–Kier alpha value is -2.36. The van der Waals surface area contributed by atoms with E-state index in [0.717, 1.165) is 12.1 Å². The Bertz CT molecular complexity index is 469. The summed E-state index contributed by atoms with van der Waals surface area (Å²) in [6.45, 7) is -3.16. The molecular formula is C9H6F2N2O3. The Kier molecular flexibility index (Phi) is 3.25. The number of ether oxygens (including phenoxy) is 1. The number of aromatic carboxylic acids is 1. The summed E-state index contributed by atoms with van der Waals surface area (Å²) in [6, 6.07) is 3.41. The number of alkyl halides is 2. The number of carboxylic acid groups (broad SMARTS) is 1. The number of hydrogen-bond donors (Lipinski definition) is 2. The van der Waals surface area contributed by atoms with Gasteiger partial charge in [0.15, 0.2) is 0 Å². The van der Waals surface area contributed by atoms with Gasteiger partial charge in [0.25, 0.3) is 0 Å². The summed E-state index contributed by atoms with van der Waals surface area (Å²) >= 11 is 0. The molecule has 16 heavy (non-hydrogen) atoms. The molecule has 1 rings (SSSR count). The van der Waals surface area contributed by atoms with Crippen molar-refractivity contribution in [2.24, 2.45) is 0 Å². The van der Waals surface area contributed by atoms with E-state index in [-0.39, 0.29) is 11.3 Å². The van der Waals surface area contributed by atoms with Gasteiger partial charge in [-0.25, -0.2) is 4.79 Å². The molecule has 1 aromatic carbocycles. The summed E-state index contributed by atoms with van der Waals surface area (Å²) in [5.74, 6) is -2.05. The van der Waals surface area contributed by atoms with Gasteiger partial charge in [0.2, 0.25) is 0 Å². The van der Waals surface area contributed by atoms with Crippen LogP contribution < -0.4 is 10.5 Å². The highest BCUT2D eigenvalue weighted by atomic mass is 19.3. The molecule has 3 N–H and O–H groups in total. The fourth-order valence-corrected chi connectivity index (χ4v) is 1.05. The molecule has 0 radical (unpaired) electrons. The third-order valence-electron chi connectivity index (χ3n) is 1.72.